The molecule has 118 valence electrons. The fraction of sp³-hybridized carbons (Fsp3) is 0.500. The summed E-state index contributed by atoms with van der Waals surface area (Å²) in [5.74, 6) is -0.365. The molecule has 2 aromatic heterocycles. The lowest BCUT2D eigenvalue weighted by atomic mass is 10.2. The lowest BCUT2D eigenvalue weighted by Crippen LogP contribution is -2.15. The van der Waals surface area contributed by atoms with E-state index in [1.807, 2.05) is 6.92 Å². The molecule has 0 amide bonds. The van der Waals surface area contributed by atoms with Crippen molar-refractivity contribution in [3.8, 4) is 0 Å². The van der Waals surface area contributed by atoms with Crippen LogP contribution in [0.4, 0.5) is 13.2 Å². The molecule has 0 aliphatic heterocycles. The van der Waals surface area contributed by atoms with Crippen LogP contribution in [-0.2, 0) is 19.6 Å². The van der Waals surface area contributed by atoms with Crippen molar-refractivity contribution < 1.29 is 13.2 Å². The van der Waals surface area contributed by atoms with E-state index in [9.17, 15) is 13.2 Å². The van der Waals surface area contributed by atoms with Crippen LogP contribution in [0.1, 0.15) is 30.4 Å². The number of rotatable bonds is 6. The summed E-state index contributed by atoms with van der Waals surface area (Å²) in [5, 5.41) is 10.7. The number of nitrogens with zero attached hydrogens (tertiary/aromatic N) is 4. The van der Waals surface area contributed by atoms with E-state index in [-0.39, 0.29) is 31.4 Å². The third-order valence-electron chi connectivity index (χ3n) is 2.95. The van der Waals surface area contributed by atoms with Crippen molar-refractivity contribution in [1.29, 1.82) is 0 Å². The quantitative estimate of drug-likeness (QED) is 0.889. The summed E-state index contributed by atoms with van der Waals surface area (Å²) in [5.41, 5.74) is 1.58. The first-order chi connectivity index (χ1) is 9.52. The second-order valence-electron chi connectivity index (χ2n) is 4.34. The van der Waals surface area contributed by atoms with Gasteiger partial charge in [0.2, 0.25) is 5.95 Å². The maximum Gasteiger partial charge on any atom is 0.333 e. The normalized spacial score (nSPS) is 11.0. The zero-order valence-electron chi connectivity index (χ0n) is 11.7. The Morgan fingerprint density at radius 1 is 1.29 bits per heavy atom. The molecule has 1 N–H and O–H groups in total. The Labute approximate surface area is 126 Å². The Balaban J connectivity index is 0.00000220. The number of halogens is 4. The van der Waals surface area contributed by atoms with E-state index in [0.717, 1.165) is 0 Å². The average molecular weight is 324 g/mol. The molecule has 5 nitrogen and oxygen atoms in total. The number of hydrogen-bond donors (Lipinski definition) is 1. The fourth-order valence-corrected chi connectivity index (χ4v) is 1.90. The van der Waals surface area contributed by atoms with Crippen molar-refractivity contribution in [2.24, 2.45) is 0 Å². The molecule has 9 heteroatoms. The number of aromatic nitrogens is 4. The SMILES string of the molecule is CCn1nc(C)c(CNCc2ccn(C(F)F)n2)c1F.Cl. The summed E-state index contributed by atoms with van der Waals surface area (Å²) in [6, 6.07) is 1.50. The molecular formula is C12H17ClF3N5. The smallest absolute Gasteiger partial charge is 0.307 e. The highest BCUT2D eigenvalue weighted by atomic mass is 35.5. The predicted octanol–water partition coefficient (Wildman–Crippen LogP) is 2.65. The summed E-state index contributed by atoms with van der Waals surface area (Å²) in [6.45, 7) is 1.92. The minimum atomic E-state index is -2.65. The van der Waals surface area contributed by atoms with Crippen molar-refractivity contribution in [2.45, 2.75) is 40.0 Å². The Hall–Kier alpha value is -1.54. The molecule has 0 unspecified atom stereocenters. The molecule has 2 rings (SSSR count). The fourth-order valence-electron chi connectivity index (χ4n) is 1.90. The highest BCUT2D eigenvalue weighted by molar-refractivity contribution is 5.85. The van der Waals surface area contributed by atoms with Gasteiger partial charge in [0.25, 0.3) is 0 Å². The van der Waals surface area contributed by atoms with Gasteiger partial charge in [0.1, 0.15) is 0 Å². The van der Waals surface area contributed by atoms with E-state index in [0.29, 0.717) is 28.2 Å². The van der Waals surface area contributed by atoms with Crippen LogP contribution in [0.25, 0.3) is 0 Å². The minimum absolute atomic E-state index is 0. The molecule has 0 saturated carbocycles. The zero-order valence-corrected chi connectivity index (χ0v) is 12.5. The Kier molecular flexibility index (Phi) is 6.22. The third kappa shape index (κ3) is 3.98. The van der Waals surface area contributed by atoms with Crippen molar-refractivity contribution in [1.82, 2.24) is 24.9 Å². The topological polar surface area (TPSA) is 47.7 Å². The maximum absolute atomic E-state index is 13.9. The zero-order chi connectivity index (χ0) is 14.7. The van der Waals surface area contributed by atoms with Crippen molar-refractivity contribution in [3.63, 3.8) is 0 Å². The van der Waals surface area contributed by atoms with Crippen molar-refractivity contribution >= 4 is 12.4 Å². The van der Waals surface area contributed by atoms with E-state index in [1.54, 1.807) is 6.92 Å². The third-order valence-corrected chi connectivity index (χ3v) is 2.95. The molecule has 0 bridgehead atoms. The van der Waals surface area contributed by atoms with E-state index in [2.05, 4.69) is 15.5 Å². The molecule has 2 aromatic rings. The molecule has 0 fully saturated rings. The first kappa shape index (κ1) is 17.5. The molecule has 21 heavy (non-hydrogen) atoms. The van der Waals surface area contributed by atoms with Gasteiger partial charge in [0.15, 0.2) is 0 Å². The van der Waals surface area contributed by atoms with Gasteiger partial charge in [0, 0.05) is 31.4 Å². The summed E-state index contributed by atoms with van der Waals surface area (Å²) in [4.78, 5) is 0. The van der Waals surface area contributed by atoms with Gasteiger partial charge in [-0.15, -0.1) is 12.4 Å². The highest BCUT2D eigenvalue weighted by Crippen LogP contribution is 2.12. The molecule has 0 spiro atoms. The first-order valence-corrected chi connectivity index (χ1v) is 6.27. The summed E-state index contributed by atoms with van der Waals surface area (Å²) < 4.78 is 40.4. The van der Waals surface area contributed by atoms with Crippen LogP contribution >= 0.6 is 12.4 Å². The number of nitrogens with one attached hydrogen (secondary N) is 1. The lowest BCUT2D eigenvalue weighted by molar-refractivity contribution is 0.0561. The monoisotopic (exact) mass is 323 g/mol. The van der Waals surface area contributed by atoms with Gasteiger partial charge in [0.05, 0.1) is 11.4 Å². The van der Waals surface area contributed by atoms with Gasteiger partial charge in [-0.2, -0.15) is 23.4 Å². The molecular weight excluding hydrogens is 307 g/mol. The summed E-state index contributed by atoms with van der Waals surface area (Å²) >= 11 is 0. The first-order valence-electron chi connectivity index (χ1n) is 6.27. The maximum atomic E-state index is 13.9. The van der Waals surface area contributed by atoms with Crippen LogP contribution < -0.4 is 5.32 Å². The van der Waals surface area contributed by atoms with E-state index < -0.39 is 6.55 Å². The van der Waals surface area contributed by atoms with Gasteiger partial charge in [-0.1, -0.05) is 0 Å². The van der Waals surface area contributed by atoms with E-state index >= 15 is 0 Å². The van der Waals surface area contributed by atoms with Crippen LogP contribution in [0, 0.1) is 12.9 Å². The second-order valence-corrected chi connectivity index (χ2v) is 4.34. The van der Waals surface area contributed by atoms with Crippen LogP contribution in [0.15, 0.2) is 12.3 Å². The highest BCUT2D eigenvalue weighted by Gasteiger charge is 2.14. The summed E-state index contributed by atoms with van der Waals surface area (Å²) in [7, 11) is 0. The van der Waals surface area contributed by atoms with Gasteiger partial charge in [-0.25, -0.2) is 9.36 Å². The minimum Gasteiger partial charge on any atom is -0.307 e. The molecule has 0 aliphatic rings. The van der Waals surface area contributed by atoms with Crippen molar-refractivity contribution in [2.75, 3.05) is 0 Å². The van der Waals surface area contributed by atoms with Gasteiger partial charge < -0.3 is 5.32 Å². The number of alkyl halides is 2. The van der Waals surface area contributed by atoms with Crippen LogP contribution in [0.2, 0.25) is 0 Å². The molecule has 0 atom stereocenters. The molecule has 0 aliphatic carbocycles. The largest absolute Gasteiger partial charge is 0.333 e. The van der Waals surface area contributed by atoms with Crippen LogP contribution in [0.3, 0.4) is 0 Å². The van der Waals surface area contributed by atoms with E-state index in [4.69, 9.17) is 0 Å². The Morgan fingerprint density at radius 3 is 2.52 bits per heavy atom. The van der Waals surface area contributed by atoms with Gasteiger partial charge >= 0.3 is 6.55 Å². The number of hydrogen-bond acceptors (Lipinski definition) is 3. The second kappa shape index (κ2) is 7.46. The van der Waals surface area contributed by atoms with Crippen molar-refractivity contribution in [3.05, 3.63) is 35.2 Å². The molecule has 0 aromatic carbocycles. The van der Waals surface area contributed by atoms with Gasteiger partial charge in [-0.05, 0) is 19.9 Å². The Bertz CT molecular complexity index is 581. The predicted molar refractivity (Wildman–Crippen MR) is 73.9 cm³/mol. The lowest BCUT2D eigenvalue weighted by Gasteiger charge is -2.02. The number of aryl methyl sites for hydroxylation is 2. The summed E-state index contributed by atoms with van der Waals surface area (Å²) in [6.07, 6.45) is 1.21. The Morgan fingerprint density at radius 2 is 2.00 bits per heavy atom. The molecule has 0 radical (unpaired) electrons. The van der Waals surface area contributed by atoms with Crippen LogP contribution in [-0.4, -0.2) is 19.6 Å². The average Bonchev–Trinajstić information content (AvgIpc) is 2.98. The molecule has 2 heterocycles. The van der Waals surface area contributed by atoms with Gasteiger partial charge in [-0.3, -0.25) is 0 Å². The standard InChI is InChI=1S/C12H16F3N5.ClH/c1-3-19-11(13)10(8(2)17-19)7-16-6-9-4-5-20(18-9)12(14)15;/h4-5,12,16H,3,6-7H2,1-2H3;1H. The van der Waals surface area contributed by atoms with Crippen LogP contribution in [0.5, 0.6) is 0 Å². The van der Waals surface area contributed by atoms with E-state index in [1.165, 1.54) is 16.9 Å². The molecule has 0 saturated heterocycles.